The fourth-order valence-electron chi connectivity index (χ4n) is 8.70. The molecule has 0 amide bonds. The fraction of sp³-hybridized carbons (Fsp3) is 0.647. The predicted molar refractivity (Wildman–Crippen MR) is 163 cm³/mol. The maximum absolute atomic E-state index is 13.2. The Kier molecular flexibility index (Phi) is 8.23. The normalized spacial score (nSPS) is 39.9. The molecule has 240 valence electrons. The van der Waals surface area contributed by atoms with Crippen molar-refractivity contribution in [2.75, 3.05) is 0 Å². The number of carbonyl (C=O) groups excluding carboxylic acids is 3. The van der Waals surface area contributed by atoms with E-state index in [1.54, 1.807) is 13.0 Å². The van der Waals surface area contributed by atoms with Gasteiger partial charge in [0, 0.05) is 24.6 Å². The molecule has 8 atom stereocenters. The molecule has 0 saturated heterocycles. The molecule has 10 heteroatoms. The summed E-state index contributed by atoms with van der Waals surface area (Å²) in [6.07, 6.45) is 4.89. The lowest BCUT2D eigenvalue weighted by atomic mass is 9.42. The number of Topliss-reactive ketones (excluding diaryl/α,β-unsaturated/α-hetero) is 1. The van der Waals surface area contributed by atoms with Gasteiger partial charge in [-0.15, -0.1) is 0 Å². The highest BCUT2D eigenvalue weighted by atomic mass is 35.5. The topological polar surface area (TPSA) is 143 Å². The first-order valence-corrected chi connectivity index (χ1v) is 15.9. The number of halogens is 1. The molecule has 0 unspecified atom stereocenters. The van der Waals surface area contributed by atoms with E-state index in [0.717, 1.165) is 11.1 Å². The monoisotopic (exact) mass is 629 g/mol. The minimum atomic E-state index is -2.00. The summed E-state index contributed by atoms with van der Waals surface area (Å²) in [5.74, 6) is -2.10. The Morgan fingerprint density at radius 1 is 1.07 bits per heavy atom. The van der Waals surface area contributed by atoms with Crippen LogP contribution in [0.5, 0.6) is 0 Å². The molecule has 1 aromatic heterocycles. The summed E-state index contributed by atoms with van der Waals surface area (Å²) in [7, 11) is 0. The third-order valence-corrected chi connectivity index (χ3v) is 12.1. The molecule has 5 rings (SSSR count). The zero-order valence-corrected chi connectivity index (χ0v) is 27.1. The predicted octanol–water partition coefficient (Wildman–Crippen LogP) is 4.90. The highest BCUT2D eigenvalue weighted by Crippen LogP contribution is 2.71. The van der Waals surface area contributed by atoms with E-state index >= 15 is 0 Å². The lowest BCUT2D eigenvalue weighted by molar-refractivity contribution is -0.314. The van der Waals surface area contributed by atoms with Crippen molar-refractivity contribution < 1.29 is 39.2 Å². The number of hydrogen-bond donors (Lipinski definition) is 3. The molecular formula is C34H44ClNO8. The standard InChI is InChI=1S/C34H44ClNO8/c1-19(2)20(3)15-28(38)44-26-17-25-30(5)11-10-24(43-29(39)22-7-8-27(35)36-18-22)16-23(30)9-12-33(25,41)34(42)14-13-32(40,21(4)37)31(26,34)6/h7-9,15,18-19,24-26,40-42H,10-14,16-17H2,1-6H3/b20-15+/t24-,25+,26+,30-,31+,32+,33-,34+/m0/s1. The second-order valence-electron chi connectivity index (χ2n) is 14.2. The van der Waals surface area contributed by atoms with Crippen molar-refractivity contribution in [1.82, 2.24) is 4.98 Å². The highest BCUT2D eigenvalue weighted by molar-refractivity contribution is 6.29. The van der Waals surface area contributed by atoms with Gasteiger partial charge in [-0.3, -0.25) is 4.79 Å². The van der Waals surface area contributed by atoms with Crippen LogP contribution in [0.2, 0.25) is 5.15 Å². The molecule has 0 aromatic carbocycles. The van der Waals surface area contributed by atoms with Crippen LogP contribution in [0.1, 0.15) is 96.8 Å². The Labute approximate surface area is 263 Å². The van der Waals surface area contributed by atoms with E-state index in [1.165, 1.54) is 25.3 Å². The van der Waals surface area contributed by atoms with Crippen molar-refractivity contribution in [2.24, 2.45) is 22.7 Å². The van der Waals surface area contributed by atoms with Crippen LogP contribution in [-0.4, -0.2) is 67.0 Å². The van der Waals surface area contributed by atoms with E-state index in [0.29, 0.717) is 24.8 Å². The van der Waals surface area contributed by atoms with Crippen molar-refractivity contribution in [3.63, 3.8) is 0 Å². The van der Waals surface area contributed by atoms with Gasteiger partial charge in [0.05, 0.1) is 11.0 Å². The number of aromatic nitrogens is 1. The van der Waals surface area contributed by atoms with Crippen LogP contribution in [0.25, 0.3) is 0 Å². The maximum Gasteiger partial charge on any atom is 0.339 e. The van der Waals surface area contributed by atoms with Crippen LogP contribution < -0.4 is 0 Å². The summed E-state index contributed by atoms with van der Waals surface area (Å²) >= 11 is 5.85. The molecule has 9 nitrogen and oxygen atoms in total. The van der Waals surface area contributed by atoms with E-state index in [2.05, 4.69) is 4.98 Å². The number of fused-ring (bicyclic) bond motifs is 5. The number of hydrogen-bond acceptors (Lipinski definition) is 9. The molecule has 0 spiro atoms. The van der Waals surface area contributed by atoms with E-state index in [9.17, 15) is 29.7 Å². The third-order valence-electron chi connectivity index (χ3n) is 11.9. The van der Waals surface area contributed by atoms with Crippen LogP contribution in [0.4, 0.5) is 0 Å². The third kappa shape index (κ3) is 4.68. The van der Waals surface area contributed by atoms with Crippen LogP contribution in [0, 0.1) is 22.7 Å². The van der Waals surface area contributed by atoms with Gasteiger partial charge in [0.1, 0.15) is 34.2 Å². The van der Waals surface area contributed by atoms with Crippen LogP contribution in [-0.2, 0) is 19.1 Å². The zero-order chi connectivity index (χ0) is 32.5. The van der Waals surface area contributed by atoms with Crippen molar-refractivity contribution in [3.8, 4) is 0 Å². The molecule has 3 N–H and O–H groups in total. The summed E-state index contributed by atoms with van der Waals surface area (Å²) in [5, 5.41) is 37.3. The van der Waals surface area contributed by atoms with Crippen LogP contribution >= 0.6 is 11.6 Å². The minimum Gasteiger partial charge on any atom is -0.458 e. The van der Waals surface area contributed by atoms with E-state index in [1.807, 2.05) is 33.8 Å². The molecule has 3 saturated carbocycles. The summed E-state index contributed by atoms with van der Waals surface area (Å²) < 4.78 is 11.9. The Balaban J connectivity index is 1.49. The number of aliphatic hydroxyl groups is 3. The van der Waals surface area contributed by atoms with Crippen LogP contribution in [0.3, 0.4) is 0 Å². The fourth-order valence-corrected chi connectivity index (χ4v) is 8.81. The summed E-state index contributed by atoms with van der Waals surface area (Å²) in [4.78, 5) is 43.0. The first-order chi connectivity index (χ1) is 20.4. The van der Waals surface area contributed by atoms with Crippen molar-refractivity contribution in [1.29, 1.82) is 0 Å². The molecule has 0 aliphatic heterocycles. The lowest BCUT2D eigenvalue weighted by Gasteiger charge is -2.67. The summed E-state index contributed by atoms with van der Waals surface area (Å²) in [6, 6.07) is 3.09. The molecule has 44 heavy (non-hydrogen) atoms. The van der Waals surface area contributed by atoms with Gasteiger partial charge in [0.25, 0.3) is 0 Å². The van der Waals surface area contributed by atoms with Gasteiger partial charge >= 0.3 is 11.9 Å². The second kappa shape index (κ2) is 11.0. The SMILES string of the molecule is CC(=O)[C@]1(O)CC[C@@]2(O)[C@]1(C)[C@H](OC(=O)/C=C(\C)C(C)C)C[C@@H]1[C@@]3(C)CC[C@H](OC(=O)c4ccc(Cl)nc4)CC3=CC[C@]12O. The van der Waals surface area contributed by atoms with Gasteiger partial charge in [-0.1, -0.05) is 49.6 Å². The molecule has 0 bridgehead atoms. The molecule has 4 aliphatic carbocycles. The van der Waals surface area contributed by atoms with Crippen molar-refractivity contribution >= 4 is 29.3 Å². The largest absolute Gasteiger partial charge is 0.458 e. The smallest absolute Gasteiger partial charge is 0.339 e. The Morgan fingerprint density at radius 3 is 2.39 bits per heavy atom. The van der Waals surface area contributed by atoms with Gasteiger partial charge in [0.2, 0.25) is 0 Å². The molecule has 4 aliphatic rings. The number of ether oxygens (including phenoxy) is 2. The highest BCUT2D eigenvalue weighted by Gasteiger charge is 2.81. The second-order valence-corrected chi connectivity index (χ2v) is 14.5. The molecule has 0 radical (unpaired) electrons. The summed E-state index contributed by atoms with van der Waals surface area (Å²) in [6.45, 7) is 10.6. The van der Waals surface area contributed by atoms with Gasteiger partial charge in [-0.2, -0.15) is 0 Å². The van der Waals surface area contributed by atoms with Gasteiger partial charge in [-0.25, -0.2) is 14.6 Å². The number of allylic oxidation sites excluding steroid dienone is 1. The molecule has 1 aromatic rings. The summed E-state index contributed by atoms with van der Waals surface area (Å²) in [5.41, 5.74) is -5.81. The minimum absolute atomic E-state index is 0.0316. The van der Waals surface area contributed by atoms with Crippen LogP contribution in [0.15, 0.2) is 41.6 Å². The number of ketones is 1. The number of rotatable bonds is 6. The van der Waals surface area contributed by atoms with E-state index < -0.39 is 63.5 Å². The quantitative estimate of drug-likeness (QED) is 0.173. The van der Waals surface area contributed by atoms with E-state index in [-0.39, 0.29) is 36.8 Å². The average Bonchev–Trinajstić information content (AvgIpc) is 3.19. The number of nitrogens with zero attached hydrogens (tertiary/aromatic N) is 1. The average molecular weight is 630 g/mol. The first-order valence-electron chi connectivity index (χ1n) is 15.5. The first kappa shape index (κ1) is 32.8. The molecule has 1 heterocycles. The van der Waals surface area contributed by atoms with E-state index in [4.69, 9.17) is 21.1 Å². The lowest BCUT2D eigenvalue weighted by Crippen LogP contribution is -2.78. The Morgan fingerprint density at radius 2 is 1.77 bits per heavy atom. The molecular weight excluding hydrogens is 586 g/mol. The number of esters is 2. The van der Waals surface area contributed by atoms with Crippen molar-refractivity contribution in [2.45, 2.75) is 115 Å². The van der Waals surface area contributed by atoms with Gasteiger partial charge in [0.15, 0.2) is 5.78 Å². The maximum atomic E-state index is 13.2. The van der Waals surface area contributed by atoms with Gasteiger partial charge in [-0.05, 0) is 82.8 Å². The Hall–Kier alpha value is -2.59. The van der Waals surface area contributed by atoms with Gasteiger partial charge < -0.3 is 24.8 Å². The number of pyridine rings is 1. The Bertz CT molecular complexity index is 1420. The zero-order valence-electron chi connectivity index (χ0n) is 26.4. The number of carbonyl (C=O) groups is 3. The molecule has 3 fully saturated rings. The van der Waals surface area contributed by atoms with Crippen molar-refractivity contribution in [3.05, 3.63) is 52.3 Å².